The highest BCUT2D eigenvalue weighted by Crippen LogP contribution is 2.27. The second-order valence-corrected chi connectivity index (χ2v) is 5.65. The van der Waals surface area contributed by atoms with Crippen LogP contribution in [0.3, 0.4) is 0 Å². The van der Waals surface area contributed by atoms with Crippen LogP contribution in [0.1, 0.15) is 71.1 Å². The van der Waals surface area contributed by atoms with Gasteiger partial charge in [-0.2, -0.15) is 0 Å². The van der Waals surface area contributed by atoms with Crippen LogP contribution in [0.5, 0.6) is 0 Å². The van der Waals surface area contributed by atoms with Gasteiger partial charge in [0.25, 0.3) is 0 Å². The summed E-state index contributed by atoms with van der Waals surface area (Å²) in [6.45, 7) is 2.79. The Morgan fingerprint density at radius 1 is 1.10 bits per heavy atom. The van der Waals surface area contributed by atoms with Gasteiger partial charge in [0.05, 0.1) is 6.61 Å². The van der Waals surface area contributed by atoms with E-state index >= 15 is 0 Å². The standard InChI is InChI=1S/C16H29NO3/c1-2-20-16(19)12-7-13-17-15(18)11-6-10-14-8-4-3-5-9-14/h14H,2-13H2,1H3,(H,17,18). The number of hydrogen-bond acceptors (Lipinski definition) is 3. The molecule has 0 bridgehead atoms. The lowest BCUT2D eigenvalue weighted by molar-refractivity contribution is -0.143. The zero-order valence-corrected chi connectivity index (χ0v) is 12.8. The van der Waals surface area contributed by atoms with Crippen molar-refractivity contribution in [2.24, 2.45) is 5.92 Å². The van der Waals surface area contributed by atoms with Crippen molar-refractivity contribution in [1.82, 2.24) is 5.32 Å². The number of esters is 1. The van der Waals surface area contributed by atoms with Gasteiger partial charge in [0, 0.05) is 19.4 Å². The maximum absolute atomic E-state index is 11.6. The summed E-state index contributed by atoms with van der Waals surface area (Å²) >= 11 is 0. The number of rotatable bonds is 9. The smallest absolute Gasteiger partial charge is 0.305 e. The summed E-state index contributed by atoms with van der Waals surface area (Å²) in [5.41, 5.74) is 0. The second kappa shape index (κ2) is 10.7. The number of amides is 1. The third kappa shape index (κ3) is 8.18. The van der Waals surface area contributed by atoms with Crippen LogP contribution in [-0.2, 0) is 14.3 Å². The fourth-order valence-corrected chi connectivity index (χ4v) is 2.81. The van der Waals surface area contributed by atoms with E-state index < -0.39 is 0 Å². The summed E-state index contributed by atoms with van der Waals surface area (Å²) in [5, 5.41) is 2.87. The van der Waals surface area contributed by atoms with Gasteiger partial charge in [-0.05, 0) is 32.1 Å². The van der Waals surface area contributed by atoms with Crippen molar-refractivity contribution in [3.05, 3.63) is 0 Å². The molecule has 0 aromatic carbocycles. The molecular formula is C16H29NO3. The Balaban J connectivity index is 1.93. The van der Waals surface area contributed by atoms with Crippen LogP contribution in [-0.4, -0.2) is 25.0 Å². The van der Waals surface area contributed by atoms with E-state index in [0.29, 0.717) is 32.4 Å². The molecule has 20 heavy (non-hydrogen) atoms. The third-order valence-electron chi connectivity index (χ3n) is 3.93. The van der Waals surface area contributed by atoms with Gasteiger partial charge in [-0.1, -0.05) is 32.1 Å². The van der Waals surface area contributed by atoms with E-state index in [2.05, 4.69) is 5.32 Å². The van der Waals surface area contributed by atoms with Gasteiger partial charge in [-0.3, -0.25) is 9.59 Å². The minimum absolute atomic E-state index is 0.115. The molecule has 1 aliphatic rings. The molecule has 0 radical (unpaired) electrons. The first-order valence-electron chi connectivity index (χ1n) is 8.14. The predicted octanol–water partition coefficient (Wildman–Crippen LogP) is 3.20. The van der Waals surface area contributed by atoms with Crippen LogP contribution in [0.2, 0.25) is 0 Å². The highest BCUT2D eigenvalue weighted by Gasteiger charge is 2.13. The molecule has 0 atom stereocenters. The highest BCUT2D eigenvalue weighted by molar-refractivity contribution is 5.75. The minimum atomic E-state index is -0.181. The molecule has 0 unspecified atom stereocenters. The lowest BCUT2D eigenvalue weighted by atomic mass is 9.86. The molecule has 4 heteroatoms. The molecular weight excluding hydrogens is 254 g/mol. The van der Waals surface area contributed by atoms with Crippen molar-refractivity contribution in [1.29, 1.82) is 0 Å². The SMILES string of the molecule is CCOC(=O)CCCNC(=O)CCCC1CCCCC1. The predicted molar refractivity (Wildman–Crippen MR) is 79.3 cm³/mol. The summed E-state index contributed by atoms with van der Waals surface area (Å²) in [6, 6.07) is 0. The lowest BCUT2D eigenvalue weighted by Crippen LogP contribution is -2.25. The zero-order chi connectivity index (χ0) is 14.6. The Morgan fingerprint density at radius 2 is 1.85 bits per heavy atom. The van der Waals surface area contributed by atoms with Crippen LogP contribution in [0, 0.1) is 5.92 Å². The number of nitrogens with one attached hydrogen (secondary N) is 1. The van der Waals surface area contributed by atoms with Gasteiger partial charge >= 0.3 is 5.97 Å². The van der Waals surface area contributed by atoms with Crippen molar-refractivity contribution in [3.63, 3.8) is 0 Å². The van der Waals surface area contributed by atoms with Crippen LogP contribution in [0.4, 0.5) is 0 Å². The maximum Gasteiger partial charge on any atom is 0.305 e. The first-order chi connectivity index (χ1) is 9.72. The zero-order valence-electron chi connectivity index (χ0n) is 12.8. The minimum Gasteiger partial charge on any atom is -0.466 e. The third-order valence-corrected chi connectivity index (χ3v) is 3.93. The molecule has 0 spiro atoms. The first kappa shape index (κ1) is 17.0. The summed E-state index contributed by atoms with van der Waals surface area (Å²) in [6.07, 6.45) is 10.7. The molecule has 0 aromatic rings. The maximum atomic E-state index is 11.6. The molecule has 116 valence electrons. The number of ether oxygens (including phenoxy) is 1. The molecule has 4 nitrogen and oxygen atoms in total. The Hall–Kier alpha value is -1.06. The fourth-order valence-electron chi connectivity index (χ4n) is 2.81. The molecule has 0 aromatic heterocycles. The van der Waals surface area contributed by atoms with Gasteiger partial charge in [0.1, 0.15) is 0 Å². The molecule has 1 N–H and O–H groups in total. The lowest BCUT2D eigenvalue weighted by Gasteiger charge is -2.21. The van der Waals surface area contributed by atoms with Crippen molar-refractivity contribution >= 4 is 11.9 Å². The topological polar surface area (TPSA) is 55.4 Å². The van der Waals surface area contributed by atoms with Crippen molar-refractivity contribution < 1.29 is 14.3 Å². The average molecular weight is 283 g/mol. The van der Waals surface area contributed by atoms with Crippen LogP contribution in [0.25, 0.3) is 0 Å². The Bertz CT molecular complexity index is 285. The van der Waals surface area contributed by atoms with Crippen molar-refractivity contribution in [3.8, 4) is 0 Å². The average Bonchev–Trinajstić information content (AvgIpc) is 2.45. The second-order valence-electron chi connectivity index (χ2n) is 5.65. The van der Waals surface area contributed by atoms with Gasteiger partial charge in [0.2, 0.25) is 5.91 Å². The number of carbonyl (C=O) groups is 2. The molecule has 1 aliphatic carbocycles. The van der Waals surface area contributed by atoms with Gasteiger partial charge in [0.15, 0.2) is 0 Å². The van der Waals surface area contributed by atoms with Crippen molar-refractivity contribution in [2.75, 3.05) is 13.2 Å². The number of hydrogen-bond donors (Lipinski definition) is 1. The van der Waals surface area contributed by atoms with Gasteiger partial charge in [-0.15, -0.1) is 0 Å². The van der Waals surface area contributed by atoms with Gasteiger partial charge < -0.3 is 10.1 Å². The first-order valence-corrected chi connectivity index (χ1v) is 8.14. The highest BCUT2D eigenvalue weighted by atomic mass is 16.5. The van der Waals surface area contributed by atoms with E-state index in [1.54, 1.807) is 6.92 Å². The molecule has 1 fully saturated rings. The molecule has 1 amide bonds. The summed E-state index contributed by atoms with van der Waals surface area (Å²) in [7, 11) is 0. The van der Waals surface area contributed by atoms with Crippen LogP contribution >= 0.6 is 0 Å². The summed E-state index contributed by atoms with van der Waals surface area (Å²) in [4.78, 5) is 22.7. The van der Waals surface area contributed by atoms with E-state index in [1.807, 2.05) is 0 Å². The Morgan fingerprint density at radius 3 is 2.55 bits per heavy atom. The summed E-state index contributed by atoms with van der Waals surface area (Å²) in [5.74, 6) is 0.782. The van der Waals surface area contributed by atoms with E-state index in [-0.39, 0.29) is 11.9 Å². The van der Waals surface area contributed by atoms with Crippen molar-refractivity contribution in [2.45, 2.75) is 71.1 Å². The largest absolute Gasteiger partial charge is 0.466 e. The Labute approximate surface area is 122 Å². The van der Waals surface area contributed by atoms with E-state index in [1.165, 1.54) is 38.5 Å². The normalized spacial score (nSPS) is 15.8. The van der Waals surface area contributed by atoms with Crippen LogP contribution < -0.4 is 5.32 Å². The molecule has 1 rings (SSSR count). The Kier molecular flexibility index (Phi) is 9.09. The quantitative estimate of drug-likeness (QED) is 0.522. The molecule has 1 saturated carbocycles. The van der Waals surface area contributed by atoms with E-state index in [4.69, 9.17) is 4.74 Å². The van der Waals surface area contributed by atoms with E-state index in [9.17, 15) is 9.59 Å². The van der Waals surface area contributed by atoms with E-state index in [0.717, 1.165) is 12.3 Å². The molecule has 0 saturated heterocycles. The molecule has 0 heterocycles. The fraction of sp³-hybridized carbons (Fsp3) is 0.875. The van der Waals surface area contributed by atoms with Gasteiger partial charge in [-0.25, -0.2) is 0 Å². The van der Waals surface area contributed by atoms with Crippen LogP contribution in [0.15, 0.2) is 0 Å². The molecule has 0 aliphatic heterocycles. The monoisotopic (exact) mass is 283 g/mol. The number of carbonyl (C=O) groups excluding carboxylic acids is 2. The summed E-state index contributed by atoms with van der Waals surface area (Å²) < 4.78 is 4.83.